The van der Waals surface area contributed by atoms with Gasteiger partial charge in [0.1, 0.15) is 18.1 Å². The van der Waals surface area contributed by atoms with E-state index in [1.807, 2.05) is 17.5 Å². The van der Waals surface area contributed by atoms with Crippen molar-refractivity contribution in [1.82, 2.24) is 5.16 Å². The van der Waals surface area contributed by atoms with Gasteiger partial charge in [-0.05, 0) is 45.6 Å². The fourth-order valence-corrected chi connectivity index (χ4v) is 2.87. The minimum absolute atomic E-state index is 0.0450. The van der Waals surface area contributed by atoms with Crippen LogP contribution in [-0.4, -0.2) is 11.1 Å². The van der Waals surface area contributed by atoms with Crippen molar-refractivity contribution in [1.29, 1.82) is 0 Å². The summed E-state index contributed by atoms with van der Waals surface area (Å²) >= 11 is 4.71. The number of halogens is 2. The number of hydrogen-bond acceptors (Lipinski definition) is 5. The second kappa shape index (κ2) is 6.41. The average molecular weight is 382 g/mol. The van der Waals surface area contributed by atoms with Crippen molar-refractivity contribution in [2.24, 2.45) is 0 Å². The van der Waals surface area contributed by atoms with Gasteiger partial charge in [-0.3, -0.25) is 0 Å². The summed E-state index contributed by atoms with van der Waals surface area (Å²) in [6, 6.07) is 9.35. The number of benzene rings is 1. The Morgan fingerprint density at radius 3 is 3.00 bits per heavy atom. The second-order valence-corrected chi connectivity index (χ2v) is 6.16. The number of nitrogens with zero attached hydrogens (tertiary/aromatic N) is 1. The molecule has 22 heavy (non-hydrogen) atoms. The van der Waals surface area contributed by atoms with Gasteiger partial charge in [-0.15, -0.1) is 11.3 Å². The Bertz CT molecular complexity index is 801. The second-order valence-electron chi connectivity index (χ2n) is 4.36. The molecule has 0 saturated carbocycles. The van der Waals surface area contributed by atoms with Gasteiger partial charge in [0, 0.05) is 10.5 Å². The quantitative estimate of drug-likeness (QED) is 0.616. The molecule has 7 heteroatoms. The fourth-order valence-electron chi connectivity index (χ4n) is 1.79. The Kier molecular flexibility index (Phi) is 4.35. The van der Waals surface area contributed by atoms with E-state index in [9.17, 15) is 9.18 Å². The van der Waals surface area contributed by atoms with E-state index in [0.717, 1.165) is 10.9 Å². The van der Waals surface area contributed by atoms with Crippen LogP contribution < -0.4 is 0 Å². The third-order valence-corrected chi connectivity index (χ3v) is 4.40. The van der Waals surface area contributed by atoms with Crippen LogP contribution in [0.5, 0.6) is 0 Å². The standard InChI is InChI=1S/C15H9BrFNO3S/c16-12-4-3-9(17)6-11(12)15(19)20-8-10-7-13(21-18-10)14-2-1-5-22-14/h1-7H,8H2. The van der Waals surface area contributed by atoms with Crippen LogP contribution in [0.4, 0.5) is 4.39 Å². The van der Waals surface area contributed by atoms with Gasteiger partial charge in [-0.2, -0.15) is 0 Å². The van der Waals surface area contributed by atoms with E-state index in [-0.39, 0.29) is 12.2 Å². The molecular formula is C15H9BrFNO3S. The van der Waals surface area contributed by atoms with Gasteiger partial charge in [0.2, 0.25) is 0 Å². The third-order valence-electron chi connectivity index (χ3n) is 2.82. The fraction of sp³-hybridized carbons (Fsp3) is 0.0667. The summed E-state index contributed by atoms with van der Waals surface area (Å²) in [6.45, 7) is -0.0450. The molecule has 3 rings (SSSR count). The topological polar surface area (TPSA) is 52.3 Å². The Hall–Kier alpha value is -1.99. The van der Waals surface area contributed by atoms with Gasteiger partial charge in [0.05, 0.1) is 10.4 Å². The molecule has 0 amide bonds. The third kappa shape index (κ3) is 3.26. The lowest BCUT2D eigenvalue weighted by Gasteiger charge is -2.04. The minimum atomic E-state index is -0.632. The van der Waals surface area contributed by atoms with Gasteiger partial charge in [-0.1, -0.05) is 11.2 Å². The predicted molar refractivity (Wildman–Crippen MR) is 83.0 cm³/mol. The van der Waals surface area contributed by atoms with Crippen molar-refractivity contribution in [3.63, 3.8) is 0 Å². The highest BCUT2D eigenvalue weighted by atomic mass is 79.9. The number of aromatic nitrogens is 1. The molecule has 0 unspecified atom stereocenters. The van der Waals surface area contributed by atoms with Crippen LogP contribution in [0.2, 0.25) is 0 Å². The Morgan fingerprint density at radius 2 is 2.23 bits per heavy atom. The summed E-state index contributed by atoms with van der Waals surface area (Å²) in [4.78, 5) is 12.9. The first-order valence-electron chi connectivity index (χ1n) is 6.25. The SMILES string of the molecule is O=C(OCc1cc(-c2cccs2)on1)c1cc(F)ccc1Br. The molecule has 0 saturated heterocycles. The van der Waals surface area contributed by atoms with E-state index in [1.54, 1.807) is 6.07 Å². The smallest absolute Gasteiger partial charge is 0.339 e. The van der Waals surface area contributed by atoms with E-state index in [1.165, 1.54) is 23.5 Å². The van der Waals surface area contributed by atoms with Crippen LogP contribution in [0.1, 0.15) is 16.1 Å². The van der Waals surface area contributed by atoms with E-state index < -0.39 is 11.8 Å². The molecule has 0 bridgehead atoms. The zero-order valence-corrected chi connectivity index (χ0v) is 13.5. The van der Waals surface area contributed by atoms with Crippen molar-refractivity contribution in [2.45, 2.75) is 6.61 Å². The maximum absolute atomic E-state index is 13.2. The van der Waals surface area contributed by atoms with E-state index >= 15 is 0 Å². The lowest BCUT2D eigenvalue weighted by atomic mass is 10.2. The van der Waals surface area contributed by atoms with Crippen LogP contribution in [0.25, 0.3) is 10.6 Å². The molecule has 0 aliphatic rings. The molecule has 2 aromatic heterocycles. The summed E-state index contributed by atoms with van der Waals surface area (Å²) in [5.41, 5.74) is 0.617. The number of carbonyl (C=O) groups is 1. The molecule has 0 aliphatic carbocycles. The Balaban J connectivity index is 1.67. The van der Waals surface area contributed by atoms with Gasteiger partial charge >= 0.3 is 5.97 Å². The molecule has 0 spiro atoms. The molecule has 1 aromatic carbocycles. The molecule has 4 nitrogen and oxygen atoms in total. The molecule has 2 heterocycles. The summed E-state index contributed by atoms with van der Waals surface area (Å²) in [6.07, 6.45) is 0. The predicted octanol–water partition coefficient (Wildman–Crippen LogP) is 4.66. The summed E-state index contributed by atoms with van der Waals surface area (Å²) < 4.78 is 24.0. The Labute approximate surface area is 137 Å². The van der Waals surface area contributed by atoms with Gasteiger partial charge in [0.15, 0.2) is 5.76 Å². The minimum Gasteiger partial charge on any atom is -0.455 e. The van der Waals surface area contributed by atoms with Crippen LogP contribution in [0.3, 0.4) is 0 Å². The molecule has 0 aliphatic heterocycles. The molecule has 0 fully saturated rings. The molecule has 112 valence electrons. The van der Waals surface area contributed by atoms with Crippen molar-refractivity contribution < 1.29 is 18.4 Å². The number of esters is 1. The summed E-state index contributed by atoms with van der Waals surface area (Å²) in [7, 11) is 0. The van der Waals surface area contributed by atoms with Crippen molar-refractivity contribution in [3.05, 3.63) is 63.3 Å². The zero-order chi connectivity index (χ0) is 15.5. The number of rotatable bonds is 4. The van der Waals surface area contributed by atoms with Gasteiger partial charge in [-0.25, -0.2) is 9.18 Å². The first-order valence-corrected chi connectivity index (χ1v) is 7.92. The Morgan fingerprint density at radius 1 is 1.36 bits per heavy atom. The van der Waals surface area contributed by atoms with Gasteiger partial charge in [0.25, 0.3) is 0 Å². The van der Waals surface area contributed by atoms with Crippen molar-refractivity contribution in [2.75, 3.05) is 0 Å². The van der Waals surface area contributed by atoms with Crippen molar-refractivity contribution in [3.8, 4) is 10.6 Å². The van der Waals surface area contributed by atoms with E-state index in [4.69, 9.17) is 9.26 Å². The molecular weight excluding hydrogens is 373 g/mol. The molecule has 0 atom stereocenters. The number of carbonyl (C=O) groups excluding carboxylic acids is 1. The van der Waals surface area contributed by atoms with Crippen LogP contribution in [-0.2, 0) is 11.3 Å². The monoisotopic (exact) mass is 381 g/mol. The molecule has 3 aromatic rings. The van der Waals surface area contributed by atoms with Crippen molar-refractivity contribution >= 4 is 33.2 Å². The molecule has 0 radical (unpaired) electrons. The number of thiophene rings is 1. The largest absolute Gasteiger partial charge is 0.455 e. The summed E-state index contributed by atoms with van der Waals surface area (Å²) in [5, 5.41) is 5.78. The lowest BCUT2D eigenvalue weighted by molar-refractivity contribution is 0.0462. The lowest BCUT2D eigenvalue weighted by Crippen LogP contribution is -2.06. The van der Waals surface area contributed by atoms with E-state index in [2.05, 4.69) is 21.1 Å². The van der Waals surface area contributed by atoms with E-state index in [0.29, 0.717) is 15.9 Å². The van der Waals surface area contributed by atoms with Crippen LogP contribution in [0, 0.1) is 5.82 Å². The maximum Gasteiger partial charge on any atom is 0.339 e. The normalized spacial score (nSPS) is 10.6. The number of hydrogen-bond donors (Lipinski definition) is 0. The highest BCUT2D eigenvalue weighted by molar-refractivity contribution is 9.10. The van der Waals surface area contributed by atoms with Gasteiger partial charge < -0.3 is 9.26 Å². The number of ether oxygens (including phenoxy) is 1. The highest BCUT2D eigenvalue weighted by Gasteiger charge is 2.14. The zero-order valence-electron chi connectivity index (χ0n) is 11.1. The summed E-state index contributed by atoms with van der Waals surface area (Å²) in [5.74, 6) is -0.517. The first kappa shape index (κ1) is 14.9. The maximum atomic E-state index is 13.2. The van der Waals surface area contributed by atoms with Crippen LogP contribution >= 0.6 is 27.3 Å². The van der Waals surface area contributed by atoms with Crippen LogP contribution in [0.15, 0.2) is 50.8 Å². The average Bonchev–Trinajstić information content (AvgIpc) is 3.17. The highest BCUT2D eigenvalue weighted by Crippen LogP contribution is 2.25. The first-order chi connectivity index (χ1) is 10.6. The molecule has 0 N–H and O–H groups in total.